The Labute approximate surface area is 548 Å². The van der Waals surface area contributed by atoms with E-state index in [1.165, 1.54) is 0 Å². The molecule has 94 heavy (non-hydrogen) atoms. The number of carboxylic acid groups (broad SMARTS) is 1. The topological polar surface area (TPSA) is 176 Å². The predicted molar refractivity (Wildman–Crippen MR) is 365 cm³/mol. The molecule has 2 aromatic heterocycles. The molecular weight excluding hydrogens is 1200 g/mol. The van der Waals surface area contributed by atoms with Crippen LogP contribution in [0.15, 0.2) is 243 Å². The van der Waals surface area contributed by atoms with Crippen LogP contribution in [0, 0.1) is 13.8 Å². The molecule has 2 aliphatic rings. The molecule has 0 saturated carbocycles. The maximum Gasteiger partial charge on any atom is 0.349 e. The van der Waals surface area contributed by atoms with Crippen molar-refractivity contribution < 1.29 is 42.2 Å². The summed E-state index contributed by atoms with van der Waals surface area (Å²) in [5.41, 5.74) is 12.3. The van der Waals surface area contributed by atoms with Gasteiger partial charge in [0.25, 0.3) is 17.7 Å². The first-order valence-electron chi connectivity index (χ1n) is 31.7. The molecule has 0 bridgehead atoms. The summed E-state index contributed by atoms with van der Waals surface area (Å²) < 4.78 is 43.7. The zero-order valence-corrected chi connectivity index (χ0v) is 53.6. The van der Waals surface area contributed by atoms with Crippen molar-refractivity contribution in [2.45, 2.75) is 64.1 Å². The molecular formula is C77H75N7O9S. The Balaban J connectivity index is 0.789. The minimum atomic E-state index is -4.21. The van der Waals surface area contributed by atoms with Crippen LogP contribution in [-0.2, 0) is 45.5 Å². The van der Waals surface area contributed by atoms with Crippen LogP contribution in [0.4, 0.5) is 0 Å². The van der Waals surface area contributed by atoms with Gasteiger partial charge in [-0.2, -0.15) is 0 Å². The first-order chi connectivity index (χ1) is 45.6. The number of carboxylic acids is 1. The van der Waals surface area contributed by atoms with Gasteiger partial charge in [0.2, 0.25) is 22.2 Å². The molecule has 0 aliphatic carbocycles. The highest BCUT2D eigenvalue weighted by Crippen LogP contribution is 2.36. The minimum absolute atomic E-state index is 0.0747. The maximum atomic E-state index is 15.3. The Bertz CT molecular complexity index is 4370. The molecule has 8 aromatic carbocycles. The molecule has 10 aromatic rings. The summed E-state index contributed by atoms with van der Waals surface area (Å²) in [7, 11) is -4.21. The Hall–Kier alpha value is -10.3. The van der Waals surface area contributed by atoms with E-state index in [1.54, 1.807) is 48.5 Å². The van der Waals surface area contributed by atoms with E-state index in [2.05, 4.69) is 43.2 Å². The van der Waals surface area contributed by atoms with Crippen molar-refractivity contribution in [1.82, 2.24) is 33.5 Å². The number of piperazine rings is 2. The maximum absolute atomic E-state index is 15.3. The van der Waals surface area contributed by atoms with Gasteiger partial charge in [0.05, 0.1) is 28.8 Å². The molecule has 4 atom stereocenters. The second-order valence-corrected chi connectivity index (χ2v) is 26.0. The molecule has 2 aliphatic heterocycles. The lowest BCUT2D eigenvalue weighted by Gasteiger charge is -2.42. The number of benzene rings is 8. The summed E-state index contributed by atoms with van der Waals surface area (Å²) in [6.45, 7) is 8.78. The molecule has 4 heterocycles. The number of aromatic nitrogens is 2. The van der Waals surface area contributed by atoms with Crippen LogP contribution in [0.3, 0.4) is 0 Å². The number of carbonyl (C=O) groups is 4. The quantitative estimate of drug-likeness (QED) is 0.0660. The summed E-state index contributed by atoms with van der Waals surface area (Å²) in [5.74, 6) is -2.86. The van der Waals surface area contributed by atoms with E-state index in [0.717, 1.165) is 73.8 Å². The number of hydrogen-bond donors (Lipinski definition) is 2. The molecule has 3 unspecified atom stereocenters. The van der Waals surface area contributed by atoms with Crippen molar-refractivity contribution in [3.8, 4) is 45.4 Å². The Morgan fingerprint density at radius 3 is 1.18 bits per heavy atom. The Kier molecular flexibility index (Phi) is 19.5. The summed E-state index contributed by atoms with van der Waals surface area (Å²) in [5, 5.41) is 10.8. The van der Waals surface area contributed by atoms with Gasteiger partial charge in [-0.3, -0.25) is 24.2 Å². The van der Waals surface area contributed by atoms with Crippen LogP contribution in [-0.4, -0.2) is 136 Å². The van der Waals surface area contributed by atoms with Gasteiger partial charge in [-0.1, -0.05) is 182 Å². The van der Waals surface area contributed by atoms with Crippen LogP contribution in [0.5, 0.6) is 11.5 Å². The zero-order valence-electron chi connectivity index (χ0n) is 52.8. The SMILES string of the molecule is Cc1cc(C(=O)N2CCN(Cc3ccccc3)CC2Cc2ccc(OC(C(=O)O)C(Oc3ccc(C[C@@H]4CN(Cc5ccccc5)CCN4C(=O)c4cc(C)n(-c5ccccc5)c4-c4ccccc4)cc3)C(=O)NS(C)(=O)=O)cc2)c(-c2ccccc2)n1-c1ccccc1. The number of carbonyl (C=O) groups excluding carboxylic acids is 3. The number of nitrogens with one attached hydrogen (secondary N) is 1. The van der Waals surface area contributed by atoms with Gasteiger partial charge in [-0.15, -0.1) is 0 Å². The highest BCUT2D eigenvalue weighted by Gasteiger charge is 2.41. The highest BCUT2D eigenvalue weighted by atomic mass is 32.2. The smallest absolute Gasteiger partial charge is 0.349 e. The molecule has 17 heteroatoms. The van der Waals surface area contributed by atoms with Crippen molar-refractivity contribution in [2.24, 2.45) is 0 Å². The molecule has 16 nitrogen and oxygen atoms in total. The number of aliphatic carboxylic acids is 1. The van der Waals surface area contributed by atoms with Gasteiger partial charge in [0, 0.05) is 87.2 Å². The van der Waals surface area contributed by atoms with Gasteiger partial charge in [-0.05, 0) is 121 Å². The number of rotatable bonds is 22. The highest BCUT2D eigenvalue weighted by molar-refractivity contribution is 7.89. The second kappa shape index (κ2) is 28.7. The van der Waals surface area contributed by atoms with E-state index in [0.29, 0.717) is 76.3 Å². The second-order valence-electron chi connectivity index (χ2n) is 24.3. The monoisotopic (exact) mass is 1270 g/mol. The van der Waals surface area contributed by atoms with Gasteiger partial charge in [0.15, 0.2) is 0 Å². The molecule has 2 N–H and O–H groups in total. The van der Waals surface area contributed by atoms with E-state index in [1.807, 2.05) is 198 Å². The molecule has 0 radical (unpaired) electrons. The van der Waals surface area contributed by atoms with Crippen molar-refractivity contribution >= 4 is 33.7 Å². The zero-order chi connectivity index (χ0) is 65.3. The van der Waals surface area contributed by atoms with E-state index in [-0.39, 0.29) is 35.4 Å². The molecule has 2 fully saturated rings. The van der Waals surface area contributed by atoms with Crippen molar-refractivity contribution in [1.29, 1.82) is 0 Å². The molecule has 2 saturated heterocycles. The van der Waals surface area contributed by atoms with Crippen molar-refractivity contribution in [2.75, 3.05) is 45.5 Å². The lowest BCUT2D eigenvalue weighted by atomic mass is 9.99. The van der Waals surface area contributed by atoms with Crippen molar-refractivity contribution in [3.63, 3.8) is 0 Å². The van der Waals surface area contributed by atoms with Gasteiger partial charge < -0.3 is 33.5 Å². The third kappa shape index (κ3) is 14.9. The van der Waals surface area contributed by atoms with E-state index in [4.69, 9.17) is 9.47 Å². The van der Waals surface area contributed by atoms with Crippen LogP contribution in [0.1, 0.15) is 54.4 Å². The largest absolute Gasteiger partial charge is 0.478 e. The number of hydrogen-bond acceptors (Lipinski definition) is 10. The number of aryl methyl sites for hydroxylation is 2. The molecule has 3 amide bonds. The standard InChI is InChI=1S/C77H75N7O9S/c1-54-46-68(70(60-26-14-6-15-27-60)83(54)62-30-18-8-19-31-62)75(86)81-44-42-79(50-58-22-10-4-11-23-58)52-64(81)48-56-34-38-66(39-35-56)92-72(74(85)78-94(3,90)91)73(77(88)89)93-67-40-36-57(37-41-67)49-65-53-80(51-59-24-12-5-13-25-59)43-45-82(65)76(87)69-47-55(2)84(63-32-20-9-21-33-63)71(69)61-28-16-7-17-29-61/h4-41,46-47,64-65,72-73H,42-45,48-53H2,1-3H3,(H,78,85)(H,88,89)/t64-,65?,72?,73?/m1/s1. The Morgan fingerprint density at radius 2 is 0.819 bits per heavy atom. The van der Waals surface area contributed by atoms with Crippen LogP contribution in [0.2, 0.25) is 0 Å². The number of sulfonamides is 1. The average molecular weight is 1270 g/mol. The Morgan fingerprint density at radius 1 is 0.468 bits per heavy atom. The van der Waals surface area contributed by atoms with E-state index in [9.17, 15) is 23.1 Å². The van der Waals surface area contributed by atoms with Gasteiger partial charge in [0.1, 0.15) is 11.5 Å². The predicted octanol–water partition coefficient (Wildman–Crippen LogP) is 11.7. The average Bonchev–Trinajstić information content (AvgIpc) is 1.60. The van der Waals surface area contributed by atoms with Crippen molar-refractivity contribution in [3.05, 3.63) is 287 Å². The fourth-order valence-electron chi connectivity index (χ4n) is 13.2. The number of amides is 3. The normalized spacial score (nSPS) is 16.0. The van der Waals surface area contributed by atoms with E-state index >= 15 is 9.59 Å². The number of nitrogens with zero attached hydrogens (tertiary/aromatic N) is 6. The summed E-state index contributed by atoms with van der Waals surface area (Å²) in [4.78, 5) is 66.5. The third-order valence-electron chi connectivity index (χ3n) is 17.5. The number of para-hydroxylation sites is 2. The van der Waals surface area contributed by atoms with E-state index < -0.39 is 34.1 Å². The minimum Gasteiger partial charge on any atom is -0.478 e. The lowest BCUT2D eigenvalue weighted by molar-refractivity contribution is -0.154. The lowest BCUT2D eigenvalue weighted by Crippen LogP contribution is -2.55. The number of ether oxygens (including phenoxy) is 2. The fourth-order valence-corrected chi connectivity index (χ4v) is 13.6. The molecule has 12 rings (SSSR count). The fraction of sp³-hybridized carbons (Fsp3) is 0.221. The first-order valence-corrected chi connectivity index (χ1v) is 33.6. The van der Waals surface area contributed by atoms with Crippen LogP contribution >= 0.6 is 0 Å². The molecule has 0 spiro atoms. The van der Waals surface area contributed by atoms with Gasteiger partial charge in [-0.25, -0.2) is 17.9 Å². The van der Waals surface area contributed by atoms with Crippen LogP contribution < -0.4 is 14.2 Å². The summed E-state index contributed by atoms with van der Waals surface area (Å²) >= 11 is 0. The summed E-state index contributed by atoms with van der Waals surface area (Å²) in [6.07, 6.45) is -2.37. The van der Waals surface area contributed by atoms with Crippen LogP contribution in [0.25, 0.3) is 33.9 Å². The van der Waals surface area contributed by atoms with Gasteiger partial charge >= 0.3 is 5.97 Å². The third-order valence-corrected chi connectivity index (χ3v) is 18.1. The summed E-state index contributed by atoms with van der Waals surface area (Å²) in [6, 6.07) is 77.3. The first kappa shape index (κ1) is 63.8. The molecule has 478 valence electrons.